The Balaban J connectivity index is 2.85. The van der Waals surface area contributed by atoms with E-state index in [1.54, 1.807) is 0 Å². The Morgan fingerprint density at radius 3 is 1.87 bits per heavy atom. The SMILES string of the molecule is CN1CCN(C(C)(C)C)[C@H](C(C)(C)C)C1. The minimum Gasteiger partial charge on any atom is -0.304 e. The maximum atomic E-state index is 2.67. The second-order valence-electron chi connectivity index (χ2n) is 7.01. The summed E-state index contributed by atoms with van der Waals surface area (Å²) in [5.74, 6) is 0. The van der Waals surface area contributed by atoms with Gasteiger partial charge in [0.1, 0.15) is 0 Å². The van der Waals surface area contributed by atoms with Gasteiger partial charge in [-0.05, 0) is 33.2 Å². The highest BCUT2D eigenvalue weighted by molar-refractivity contribution is 4.94. The van der Waals surface area contributed by atoms with Gasteiger partial charge in [-0.2, -0.15) is 0 Å². The van der Waals surface area contributed by atoms with Crippen molar-refractivity contribution in [2.24, 2.45) is 5.41 Å². The van der Waals surface area contributed by atoms with E-state index < -0.39 is 0 Å². The molecule has 15 heavy (non-hydrogen) atoms. The van der Waals surface area contributed by atoms with Crippen LogP contribution in [0.2, 0.25) is 0 Å². The first-order chi connectivity index (χ1) is 6.62. The molecule has 0 saturated carbocycles. The van der Waals surface area contributed by atoms with E-state index in [9.17, 15) is 0 Å². The molecule has 1 rings (SSSR count). The molecule has 1 saturated heterocycles. The van der Waals surface area contributed by atoms with Crippen LogP contribution in [-0.4, -0.2) is 48.1 Å². The summed E-state index contributed by atoms with van der Waals surface area (Å²) in [4.78, 5) is 5.13. The fourth-order valence-corrected chi connectivity index (χ4v) is 2.46. The van der Waals surface area contributed by atoms with Gasteiger partial charge in [-0.3, -0.25) is 4.90 Å². The first-order valence-corrected chi connectivity index (χ1v) is 6.07. The van der Waals surface area contributed by atoms with E-state index in [1.165, 1.54) is 19.6 Å². The molecule has 2 heteroatoms. The number of piperazine rings is 1. The highest BCUT2D eigenvalue weighted by Crippen LogP contribution is 2.31. The molecule has 0 radical (unpaired) electrons. The minimum atomic E-state index is 0.291. The van der Waals surface area contributed by atoms with Crippen LogP contribution in [0.15, 0.2) is 0 Å². The summed E-state index contributed by atoms with van der Waals surface area (Å²) in [5, 5.41) is 0. The standard InChI is InChI=1S/C13H28N2/c1-12(2,3)11-10-14(7)8-9-15(11)13(4,5)6/h11H,8-10H2,1-7H3/t11-/m0/s1. The number of rotatable bonds is 0. The lowest BCUT2D eigenvalue weighted by atomic mass is 9.82. The van der Waals surface area contributed by atoms with Crippen molar-refractivity contribution in [3.05, 3.63) is 0 Å². The Morgan fingerprint density at radius 2 is 1.47 bits per heavy atom. The van der Waals surface area contributed by atoms with E-state index in [1.807, 2.05) is 0 Å². The van der Waals surface area contributed by atoms with Gasteiger partial charge in [0.15, 0.2) is 0 Å². The van der Waals surface area contributed by atoms with Crippen molar-refractivity contribution in [1.29, 1.82) is 0 Å². The molecule has 0 spiro atoms. The van der Waals surface area contributed by atoms with Crippen molar-refractivity contribution in [3.8, 4) is 0 Å². The summed E-state index contributed by atoms with van der Waals surface area (Å²) in [6.07, 6.45) is 0. The molecule has 1 aliphatic rings. The van der Waals surface area contributed by atoms with Crippen molar-refractivity contribution < 1.29 is 0 Å². The lowest BCUT2D eigenvalue weighted by Crippen LogP contribution is -2.62. The molecule has 0 aromatic heterocycles. The topological polar surface area (TPSA) is 6.48 Å². The van der Waals surface area contributed by atoms with Crippen LogP contribution in [0.3, 0.4) is 0 Å². The maximum Gasteiger partial charge on any atom is 0.0277 e. The van der Waals surface area contributed by atoms with Gasteiger partial charge in [0.25, 0.3) is 0 Å². The van der Waals surface area contributed by atoms with Crippen LogP contribution in [0.25, 0.3) is 0 Å². The summed E-state index contributed by atoms with van der Waals surface area (Å²) in [5.41, 5.74) is 0.654. The third-order valence-electron chi connectivity index (χ3n) is 3.44. The molecule has 0 bridgehead atoms. The molecule has 0 unspecified atom stereocenters. The summed E-state index contributed by atoms with van der Waals surface area (Å²) < 4.78 is 0. The third kappa shape index (κ3) is 3.18. The molecule has 1 aliphatic heterocycles. The molecule has 0 aliphatic carbocycles. The van der Waals surface area contributed by atoms with Crippen LogP contribution < -0.4 is 0 Å². The molecular formula is C13H28N2. The molecule has 0 N–H and O–H groups in total. The summed E-state index contributed by atoms with van der Waals surface area (Å²) in [6, 6.07) is 0.663. The summed E-state index contributed by atoms with van der Waals surface area (Å²) in [6.45, 7) is 17.7. The summed E-state index contributed by atoms with van der Waals surface area (Å²) >= 11 is 0. The average Bonchev–Trinajstić information content (AvgIpc) is 2.00. The fraction of sp³-hybridized carbons (Fsp3) is 1.00. The van der Waals surface area contributed by atoms with E-state index in [2.05, 4.69) is 58.4 Å². The average molecular weight is 212 g/mol. The monoisotopic (exact) mass is 212 g/mol. The quantitative estimate of drug-likeness (QED) is 0.608. The van der Waals surface area contributed by atoms with E-state index >= 15 is 0 Å². The zero-order valence-corrected chi connectivity index (χ0v) is 11.6. The highest BCUT2D eigenvalue weighted by Gasteiger charge is 2.38. The van der Waals surface area contributed by atoms with Crippen molar-refractivity contribution in [2.75, 3.05) is 26.7 Å². The van der Waals surface area contributed by atoms with Crippen LogP contribution in [0.1, 0.15) is 41.5 Å². The van der Waals surface area contributed by atoms with Crippen molar-refractivity contribution in [3.63, 3.8) is 0 Å². The van der Waals surface area contributed by atoms with Gasteiger partial charge in [0, 0.05) is 31.2 Å². The number of hydrogen-bond acceptors (Lipinski definition) is 2. The molecule has 2 nitrogen and oxygen atoms in total. The molecule has 90 valence electrons. The van der Waals surface area contributed by atoms with Gasteiger partial charge in [-0.25, -0.2) is 0 Å². The highest BCUT2D eigenvalue weighted by atomic mass is 15.3. The Labute approximate surface area is 95.6 Å². The third-order valence-corrected chi connectivity index (χ3v) is 3.44. The number of nitrogens with zero attached hydrogens (tertiary/aromatic N) is 2. The molecule has 0 aromatic carbocycles. The second-order valence-corrected chi connectivity index (χ2v) is 7.01. The smallest absolute Gasteiger partial charge is 0.0277 e. The largest absolute Gasteiger partial charge is 0.304 e. The van der Waals surface area contributed by atoms with E-state index in [0.717, 1.165) is 0 Å². The lowest BCUT2D eigenvalue weighted by Gasteiger charge is -2.52. The van der Waals surface area contributed by atoms with Gasteiger partial charge in [0.2, 0.25) is 0 Å². The molecule has 1 heterocycles. The Bertz CT molecular complexity index is 210. The van der Waals surface area contributed by atoms with E-state index in [4.69, 9.17) is 0 Å². The van der Waals surface area contributed by atoms with Crippen LogP contribution >= 0.6 is 0 Å². The maximum absolute atomic E-state index is 2.67. The van der Waals surface area contributed by atoms with Crippen molar-refractivity contribution in [2.45, 2.75) is 53.1 Å². The van der Waals surface area contributed by atoms with Gasteiger partial charge in [-0.15, -0.1) is 0 Å². The van der Waals surface area contributed by atoms with Crippen LogP contribution in [0.5, 0.6) is 0 Å². The Kier molecular flexibility index (Phi) is 3.52. The first kappa shape index (κ1) is 13.0. The van der Waals surface area contributed by atoms with Gasteiger partial charge in [-0.1, -0.05) is 20.8 Å². The minimum absolute atomic E-state index is 0.291. The lowest BCUT2D eigenvalue weighted by molar-refractivity contribution is -0.0296. The van der Waals surface area contributed by atoms with Gasteiger partial charge < -0.3 is 4.90 Å². The molecule has 1 fully saturated rings. The normalized spacial score (nSPS) is 27.0. The van der Waals surface area contributed by atoms with Crippen molar-refractivity contribution in [1.82, 2.24) is 9.80 Å². The van der Waals surface area contributed by atoms with Crippen LogP contribution in [0, 0.1) is 5.41 Å². The Morgan fingerprint density at radius 1 is 0.933 bits per heavy atom. The van der Waals surface area contributed by atoms with E-state index in [-0.39, 0.29) is 0 Å². The summed E-state index contributed by atoms with van der Waals surface area (Å²) in [7, 11) is 2.23. The number of likely N-dealkylation sites (N-methyl/N-ethyl adjacent to an activating group) is 1. The predicted octanol–water partition coefficient (Wildman–Crippen LogP) is 2.45. The molecule has 1 atom stereocenters. The van der Waals surface area contributed by atoms with Gasteiger partial charge >= 0.3 is 0 Å². The zero-order chi connectivity index (χ0) is 11.9. The molecule has 0 amide bonds. The second kappa shape index (κ2) is 4.06. The van der Waals surface area contributed by atoms with Crippen LogP contribution in [-0.2, 0) is 0 Å². The van der Waals surface area contributed by atoms with Crippen molar-refractivity contribution >= 4 is 0 Å². The van der Waals surface area contributed by atoms with Crippen LogP contribution in [0.4, 0.5) is 0 Å². The Hall–Kier alpha value is -0.0800. The molecule has 0 aromatic rings. The first-order valence-electron chi connectivity index (χ1n) is 6.07. The van der Waals surface area contributed by atoms with E-state index in [0.29, 0.717) is 17.0 Å². The fourth-order valence-electron chi connectivity index (χ4n) is 2.46. The zero-order valence-electron chi connectivity index (χ0n) is 11.6. The number of hydrogen-bond donors (Lipinski definition) is 0. The molecular weight excluding hydrogens is 184 g/mol. The predicted molar refractivity (Wildman–Crippen MR) is 67.2 cm³/mol. The van der Waals surface area contributed by atoms with Gasteiger partial charge in [0.05, 0.1) is 0 Å².